The zero-order valence-electron chi connectivity index (χ0n) is 11.5. The molecule has 0 aliphatic carbocycles. The molecule has 0 unspecified atom stereocenters. The lowest BCUT2D eigenvalue weighted by Gasteiger charge is -2.09. The summed E-state index contributed by atoms with van der Waals surface area (Å²) in [7, 11) is 0. The van der Waals surface area contributed by atoms with Crippen LogP contribution in [0.5, 0.6) is 0 Å². The molecule has 0 atom stereocenters. The van der Waals surface area contributed by atoms with E-state index in [1.807, 2.05) is 6.92 Å². The van der Waals surface area contributed by atoms with Crippen LogP contribution in [0.15, 0.2) is 36.5 Å². The average Bonchev–Trinajstić information content (AvgIpc) is 2.48. The lowest BCUT2D eigenvalue weighted by molar-refractivity contribution is 0.102. The second-order valence-corrected chi connectivity index (χ2v) is 4.82. The standard InChI is InChI=1S/C15H15ClFN3O/c1-2-7-18-14-11(16)8-10(9-19-14)15(21)20-13-6-4-3-5-12(13)17/h3-6,8-9H,2,7H2,1H3,(H,18,19)(H,20,21). The summed E-state index contributed by atoms with van der Waals surface area (Å²) in [6.07, 6.45) is 2.34. The minimum Gasteiger partial charge on any atom is -0.369 e. The number of carbonyl (C=O) groups excluding carboxylic acids is 1. The fourth-order valence-corrected chi connectivity index (χ4v) is 1.93. The van der Waals surface area contributed by atoms with E-state index in [9.17, 15) is 9.18 Å². The fraction of sp³-hybridized carbons (Fsp3) is 0.200. The van der Waals surface area contributed by atoms with Gasteiger partial charge in [-0.2, -0.15) is 0 Å². The number of amides is 1. The summed E-state index contributed by atoms with van der Waals surface area (Å²) < 4.78 is 13.5. The summed E-state index contributed by atoms with van der Waals surface area (Å²) in [6.45, 7) is 2.77. The monoisotopic (exact) mass is 307 g/mol. The number of benzene rings is 1. The molecule has 110 valence electrons. The molecule has 0 saturated carbocycles. The largest absolute Gasteiger partial charge is 0.369 e. The number of pyridine rings is 1. The van der Waals surface area contributed by atoms with Crippen molar-refractivity contribution in [1.82, 2.24) is 4.98 Å². The number of halogens is 2. The van der Waals surface area contributed by atoms with Gasteiger partial charge in [-0.3, -0.25) is 4.79 Å². The van der Waals surface area contributed by atoms with E-state index < -0.39 is 11.7 Å². The van der Waals surface area contributed by atoms with Gasteiger partial charge in [0, 0.05) is 12.7 Å². The van der Waals surface area contributed by atoms with E-state index in [0.29, 0.717) is 10.8 Å². The molecular weight excluding hydrogens is 293 g/mol. The highest BCUT2D eigenvalue weighted by molar-refractivity contribution is 6.33. The van der Waals surface area contributed by atoms with Gasteiger partial charge in [-0.25, -0.2) is 9.37 Å². The number of para-hydroxylation sites is 1. The summed E-state index contributed by atoms with van der Waals surface area (Å²) in [5, 5.41) is 5.89. The first-order valence-corrected chi connectivity index (χ1v) is 6.95. The minimum atomic E-state index is -0.494. The number of hydrogen-bond acceptors (Lipinski definition) is 3. The third kappa shape index (κ3) is 3.92. The molecule has 1 aromatic heterocycles. The molecule has 1 amide bonds. The van der Waals surface area contributed by atoms with E-state index in [2.05, 4.69) is 15.6 Å². The van der Waals surface area contributed by atoms with Gasteiger partial charge in [0.2, 0.25) is 0 Å². The Morgan fingerprint density at radius 3 is 2.81 bits per heavy atom. The maximum atomic E-state index is 13.5. The molecule has 0 aliphatic rings. The summed E-state index contributed by atoms with van der Waals surface area (Å²) in [6, 6.07) is 7.46. The zero-order chi connectivity index (χ0) is 15.2. The smallest absolute Gasteiger partial charge is 0.257 e. The quantitative estimate of drug-likeness (QED) is 0.879. The van der Waals surface area contributed by atoms with Gasteiger partial charge in [0.25, 0.3) is 5.91 Å². The number of carbonyl (C=O) groups is 1. The van der Waals surface area contributed by atoms with Crippen LogP contribution < -0.4 is 10.6 Å². The molecule has 6 heteroatoms. The summed E-state index contributed by atoms with van der Waals surface area (Å²) in [5.41, 5.74) is 0.386. The zero-order valence-corrected chi connectivity index (χ0v) is 12.2. The van der Waals surface area contributed by atoms with E-state index in [4.69, 9.17) is 11.6 Å². The molecule has 0 radical (unpaired) electrons. The number of rotatable bonds is 5. The lowest BCUT2D eigenvalue weighted by Crippen LogP contribution is -2.14. The van der Waals surface area contributed by atoms with E-state index in [1.165, 1.54) is 24.4 Å². The van der Waals surface area contributed by atoms with Crippen LogP contribution in [0.25, 0.3) is 0 Å². The maximum absolute atomic E-state index is 13.5. The fourth-order valence-electron chi connectivity index (χ4n) is 1.69. The summed E-state index contributed by atoms with van der Waals surface area (Å²) in [5.74, 6) is -0.427. The van der Waals surface area contributed by atoms with Crippen molar-refractivity contribution in [3.63, 3.8) is 0 Å². The Bertz CT molecular complexity index is 649. The van der Waals surface area contributed by atoms with Crippen molar-refractivity contribution in [3.05, 3.63) is 52.9 Å². The molecule has 0 spiro atoms. The van der Waals surface area contributed by atoms with Crippen LogP contribution in [-0.2, 0) is 0 Å². The second-order valence-electron chi connectivity index (χ2n) is 4.42. The molecule has 1 aromatic carbocycles. The van der Waals surface area contributed by atoms with Gasteiger partial charge in [0.05, 0.1) is 16.3 Å². The van der Waals surface area contributed by atoms with Crippen molar-refractivity contribution in [2.45, 2.75) is 13.3 Å². The number of hydrogen-bond donors (Lipinski definition) is 2. The topological polar surface area (TPSA) is 54.0 Å². The van der Waals surface area contributed by atoms with Crippen LogP contribution in [-0.4, -0.2) is 17.4 Å². The SMILES string of the molecule is CCCNc1ncc(C(=O)Nc2ccccc2F)cc1Cl. The highest BCUT2D eigenvalue weighted by atomic mass is 35.5. The first-order chi connectivity index (χ1) is 10.1. The third-order valence-electron chi connectivity index (χ3n) is 2.77. The third-order valence-corrected chi connectivity index (χ3v) is 3.06. The van der Waals surface area contributed by atoms with Crippen LogP contribution in [0.1, 0.15) is 23.7 Å². The summed E-state index contributed by atoms with van der Waals surface area (Å²) >= 11 is 6.06. The van der Waals surface area contributed by atoms with Crippen molar-refractivity contribution in [2.75, 3.05) is 17.2 Å². The van der Waals surface area contributed by atoms with Crippen LogP contribution in [0.3, 0.4) is 0 Å². The Labute approximate surface area is 127 Å². The molecule has 21 heavy (non-hydrogen) atoms. The predicted molar refractivity (Wildman–Crippen MR) is 82.4 cm³/mol. The number of anilines is 2. The number of aromatic nitrogens is 1. The lowest BCUT2D eigenvalue weighted by atomic mass is 10.2. The van der Waals surface area contributed by atoms with Crippen LogP contribution in [0.2, 0.25) is 5.02 Å². The molecule has 1 heterocycles. The van der Waals surface area contributed by atoms with E-state index in [0.717, 1.165) is 13.0 Å². The molecule has 2 rings (SSSR count). The van der Waals surface area contributed by atoms with E-state index in [-0.39, 0.29) is 11.3 Å². The van der Waals surface area contributed by atoms with Crippen molar-refractivity contribution >= 4 is 29.0 Å². The van der Waals surface area contributed by atoms with Crippen LogP contribution in [0, 0.1) is 5.82 Å². The molecule has 4 nitrogen and oxygen atoms in total. The molecule has 2 aromatic rings. The molecule has 0 aliphatic heterocycles. The second kappa shape index (κ2) is 7.04. The Balaban J connectivity index is 2.13. The normalized spacial score (nSPS) is 10.2. The highest BCUT2D eigenvalue weighted by Gasteiger charge is 2.11. The van der Waals surface area contributed by atoms with Gasteiger partial charge in [-0.15, -0.1) is 0 Å². The Morgan fingerprint density at radius 2 is 2.14 bits per heavy atom. The van der Waals surface area contributed by atoms with E-state index in [1.54, 1.807) is 12.1 Å². The van der Waals surface area contributed by atoms with Crippen molar-refractivity contribution in [2.24, 2.45) is 0 Å². The van der Waals surface area contributed by atoms with Crippen molar-refractivity contribution < 1.29 is 9.18 Å². The Kier molecular flexibility index (Phi) is 5.11. The predicted octanol–water partition coefficient (Wildman–Crippen LogP) is 3.95. The van der Waals surface area contributed by atoms with Crippen molar-refractivity contribution in [3.8, 4) is 0 Å². The van der Waals surface area contributed by atoms with Crippen LogP contribution >= 0.6 is 11.6 Å². The van der Waals surface area contributed by atoms with Gasteiger partial charge in [0.1, 0.15) is 11.6 Å². The first-order valence-electron chi connectivity index (χ1n) is 6.57. The molecule has 0 bridgehead atoms. The number of nitrogens with zero attached hydrogens (tertiary/aromatic N) is 1. The Morgan fingerprint density at radius 1 is 1.38 bits per heavy atom. The molecule has 0 saturated heterocycles. The molecular formula is C15H15ClFN3O. The van der Waals surface area contributed by atoms with Gasteiger partial charge in [0.15, 0.2) is 0 Å². The summed E-state index contributed by atoms with van der Waals surface area (Å²) in [4.78, 5) is 16.2. The average molecular weight is 308 g/mol. The van der Waals surface area contributed by atoms with E-state index >= 15 is 0 Å². The molecule has 0 fully saturated rings. The van der Waals surface area contributed by atoms with Gasteiger partial charge >= 0.3 is 0 Å². The van der Waals surface area contributed by atoms with Gasteiger partial charge < -0.3 is 10.6 Å². The maximum Gasteiger partial charge on any atom is 0.257 e. The van der Waals surface area contributed by atoms with Gasteiger partial charge in [-0.1, -0.05) is 30.7 Å². The molecule has 2 N–H and O–H groups in total. The Hall–Kier alpha value is -2.14. The van der Waals surface area contributed by atoms with Crippen LogP contribution in [0.4, 0.5) is 15.9 Å². The van der Waals surface area contributed by atoms with Crippen molar-refractivity contribution in [1.29, 1.82) is 0 Å². The minimum absolute atomic E-state index is 0.117. The first kappa shape index (κ1) is 15.3. The van der Waals surface area contributed by atoms with Gasteiger partial charge in [-0.05, 0) is 24.6 Å². The highest BCUT2D eigenvalue weighted by Crippen LogP contribution is 2.21. The number of nitrogens with one attached hydrogen (secondary N) is 2.